The van der Waals surface area contributed by atoms with Gasteiger partial charge in [0.25, 0.3) is 0 Å². The second-order valence-corrected chi connectivity index (χ2v) is 12.6. The van der Waals surface area contributed by atoms with Gasteiger partial charge in [-0.05, 0) is 98.5 Å². The standard InChI is InChI=1S/C32H48O4/c1-5-30(36)32(17-18-32)16-14-25(33)11-8-21(2)27-12-13-28-23(7-6-15-31(27,28)4)9-10-24-19-26(34)20-29(35)22(24)3/h8-11,21,25-29,33-35H,3,5-7,12-20H2,1-2,4H3/b11-8+,23-9+,24-10-/t21-,25-,26-,27-,28+,29+,31-/m1/s1. The molecule has 0 bridgehead atoms. The first-order chi connectivity index (χ1) is 17.1. The van der Waals surface area contributed by atoms with Crippen LogP contribution in [0.2, 0.25) is 0 Å². The average Bonchev–Trinajstić information content (AvgIpc) is 3.56. The fraction of sp³-hybridized carbons (Fsp3) is 0.719. The molecule has 0 radical (unpaired) electrons. The first-order valence-corrected chi connectivity index (χ1v) is 14.4. The van der Waals surface area contributed by atoms with Gasteiger partial charge in [-0.25, -0.2) is 0 Å². The van der Waals surface area contributed by atoms with Gasteiger partial charge >= 0.3 is 0 Å². The van der Waals surface area contributed by atoms with Gasteiger partial charge in [0.1, 0.15) is 5.78 Å². The van der Waals surface area contributed by atoms with Gasteiger partial charge in [-0.2, -0.15) is 0 Å². The first kappa shape index (κ1) is 27.5. The zero-order valence-corrected chi connectivity index (χ0v) is 22.7. The fourth-order valence-corrected chi connectivity index (χ4v) is 7.76. The highest BCUT2D eigenvalue weighted by Crippen LogP contribution is 2.59. The van der Waals surface area contributed by atoms with Crippen LogP contribution in [0.3, 0.4) is 0 Å². The van der Waals surface area contributed by atoms with Gasteiger partial charge in [0.05, 0.1) is 18.3 Å². The van der Waals surface area contributed by atoms with E-state index in [4.69, 9.17) is 0 Å². The maximum absolute atomic E-state index is 12.2. The zero-order chi connectivity index (χ0) is 26.1. The van der Waals surface area contributed by atoms with Gasteiger partial charge < -0.3 is 15.3 Å². The third-order valence-corrected chi connectivity index (χ3v) is 10.3. The van der Waals surface area contributed by atoms with Gasteiger partial charge in [0.15, 0.2) is 0 Å². The maximum atomic E-state index is 12.2. The van der Waals surface area contributed by atoms with E-state index in [9.17, 15) is 20.1 Å². The second-order valence-electron chi connectivity index (χ2n) is 12.6. The minimum absolute atomic E-state index is 0.123. The molecule has 4 saturated carbocycles. The fourth-order valence-electron chi connectivity index (χ4n) is 7.76. The minimum atomic E-state index is -0.643. The van der Waals surface area contributed by atoms with Gasteiger partial charge in [-0.3, -0.25) is 4.79 Å². The van der Waals surface area contributed by atoms with E-state index in [0.29, 0.717) is 49.2 Å². The smallest absolute Gasteiger partial charge is 0.138 e. The summed E-state index contributed by atoms with van der Waals surface area (Å²) in [5.74, 6) is 1.93. The van der Waals surface area contributed by atoms with Crippen LogP contribution in [0, 0.1) is 28.6 Å². The predicted molar refractivity (Wildman–Crippen MR) is 145 cm³/mol. The summed E-state index contributed by atoms with van der Waals surface area (Å²) >= 11 is 0. The van der Waals surface area contributed by atoms with E-state index < -0.39 is 18.3 Å². The van der Waals surface area contributed by atoms with E-state index in [0.717, 1.165) is 36.8 Å². The highest BCUT2D eigenvalue weighted by atomic mass is 16.3. The molecule has 4 rings (SSSR count). The van der Waals surface area contributed by atoms with Crippen molar-refractivity contribution in [3.05, 3.63) is 47.6 Å². The van der Waals surface area contributed by atoms with E-state index in [1.54, 1.807) is 0 Å². The Morgan fingerprint density at radius 2 is 1.92 bits per heavy atom. The Morgan fingerprint density at radius 3 is 2.61 bits per heavy atom. The van der Waals surface area contributed by atoms with Crippen LogP contribution in [0.25, 0.3) is 0 Å². The monoisotopic (exact) mass is 496 g/mol. The highest BCUT2D eigenvalue weighted by molar-refractivity contribution is 5.87. The van der Waals surface area contributed by atoms with Crippen LogP contribution in [-0.4, -0.2) is 39.4 Å². The molecule has 0 spiro atoms. The summed E-state index contributed by atoms with van der Waals surface area (Å²) in [6.07, 6.45) is 18.0. The largest absolute Gasteiger partial charge is 0.393 e. The molecule has 200 valence electrons. The van der Waals surface area contributed by atoms with Crippen molar-refractivity contribution in [3.8, 4) is 0 Å². The summed E-state index contributed by atoms with van der Waals surface area (Å²) in [6, 6.07) is 0. The maximum Gasteiger partial charge on any atom is 0.138 e. The third-order valence-electron chi connectivity index (χ3n) is 10.3. The SMILES string of the molecule is C=C1/C(=C\C=C2/CCC[C@]3(C)[C@@H]([C@H](C)/C=C/[C@@H](O)CCC4(C(=O)CC)CC4)CC[C@@H]23)C[C@@H](O)C[C@@H]1O. The molecule has 0 heterocycles. The number of aliphatic hydroxyl groups is 3. The van der Waals surface area contributed by atoms with Gasteiger partial charge in [-0.1, -0.05) is 57.2 Å². The van der Waals surface area contributed by atoms with Crippen LogP contribution in [0.15, 0.2) is 47.6 Å². The number of ketones is 1. The van der Waals surface area contributed by atoms with Crippen LogP contribution in [0.4, 0.5) is 0 Å². The number of aliphatic hydroxyl groups excluding tert-OH is 3. The molecule has 4 fully saturated rings. The second kappa shape index (κ2) is 11.1. The van der Waals surface area contributed by atoms with Crippen molar-refractivity contribution in [1.82, 2.24) is 0 Å². The molecular formula is C32H48O4. The minimum Gasteiger partial charge on any atom is -0.393 e. The van der Waals surface area contributed by atoms with Gasteiger partial charge in [-0.15, -0.1) is 0 Å². The summed E-state index contributed by atoms with van der Waals surface area (Å²) in [6.45, 7) is 10.8. The lowest BCUT2D eigenvalue weighted by Crippen LogP contribution is -2.35. The van der Waals surface area contributed by atoms with Crippen molar-refractivity contribution in [2.24, 2.45) is 28.6 Å². The van der Waals surface area contributed by atoms with Crippen molar-refractivity contribution in [2.75, 3.05) is 0 Å². The molecule has 0 amide bonds. The molecule has 4 aliphatic carbocycles. The average molecular weight is 497 g/mol. The molecule has 4 aliphatic rings. The van der Waals surface area contributed by atoms with Crippen molar-refractivity contribution < 1.29 is 20.1 Å². The number of allylic oxidation sites excluding steroid dienone is 4. The van der Waals surface area contributed by atoms with Crippen molar-refractivity contribution in [3.63, 3.8) is 0 Å². The Labute approximate surface area is 218 Å². The number of fused-ring (bicyclic) bond motifs is 1. The Hall–Kier alpha value is -1.49. The van der Waals surface area contributed by atoms with E-state index >= 15 is 0 Å². The van der Waals surface area contributed by atoms with Crippen LogP contribution < -0.4 is 0 Å². The van der Waals surface area contributed by atoms with Crippen molar-refractivity contribution in [2.45, 2.75) is 116 Å². The summed E-state index contributed by atoms with van der Waals surface area (Å²) in [7, 11) is 0. The molecule has 0 saturated heterocycles. The molecule has 0 unspecified atom stereocenters. The first-order valence-electron chi connectivity index (χ1n) is 14.4. The van der Waals surface area contributed by atoms with E-state index in [-0.39, 0.29) is 10.8 Å². The van der Waals surface area contributed by atoms with Crippen LogP contribution in [-0.2, 0) is 4.79 Å². The molecule has 4 heteroatoms. The molecule has 0 aromatic carbocycles. The summed E-state index contributed by atoms with van der Waals surface area (Å²) in [5, 5.41) is 30.9. The number of carbonyl (C=O) groups is 1. The molecule has 4 nitrogen and oxygen atoms in total. The van der Waals surface area contributed by atoms with Crippen LogP contribution >= 0.6 is 0 Å². The quantitative estimate of drug-likeness (QED) is 0.331. The Bertz CT molecular complexity index is 922. The molecule has 7 atom stereocenters. The molecule has 0 aromatic rings. The number of Topliss-reactive ketones (excluding diaryl/α,β-unsaturated/α-hetero) is 1. The molecule has 3 N–H and O–H groups in total. The summed E-state index contributed by atoms with van der Waals surface area (Å²) in [4.78, 5) is 12.2. The number of hydrogen-bond acceptors (Lipinski definition) is 4. The van der Waals surface area contributed by atoms with Crippen LogP contribution in [0.1, 0.15) is 97.8 Å². The normalized spacial score (nSPS) is 37.9. The Balaban J connectivity index is 1.38. The van der Waals surface area contributed by atoms with Gasteiger partial charge in [0.2, 0.25) is 0 Å². The zero-order valence-electron chi connectivity index (χ0n) is 22.7. The lowest BCUT2D eigenvalue weighted by Gasteiger charge is -2.44. The number of hydrogen-bond donors (Lipinski definition) is 3. The summed E-state index contributed by atoms with van der Waals surface area (Å²) in [5.41, 5.74) is 3.37. The lowest BCUT2D eigenvalue weighted by molar-refractivity contribution is -0.124. The van der Waals surface area contributed by atoms with E-state index in [1.807, 2.05) is 13.0 Å². The molecule has 0 aromatic heterocycles. The molecule has 36 heavy (non-hydrogen) atoms. The highest BCUT2D eigenvalue weighted by Gasteiger charge is 2.50. The molecule has 0 aliphatic heterocycles. The van der Waals surface area contributed by atoms with Crippen molar-refractivity contribution in [1.29, 1.82) is 0 Å². The predicted octanol–water partition coefficient (Wildman–Crippen LogP) is 6.22. The van der Waals surface area contributed by atoms with Gasteiger partial charge in [0, 0.05) is 18.3 Å². The summed E-state index contributed by atoms with van der Waals surface area (Å²) < 4.78 is 0. The lowest BCUT2D eigenvalue weighted by atomic mass is 9.61. The number of carbonyl (C=O) groups excluding carboxylic acids is 1. The topological polar surface area (TPSA) is 77.8 Å². The van der Waals surface area contributed by atoms with Crippen molar-refractivity contribution >= 4 is 5.78 Å². The Morgan fingerprint density at radius 1 is 1.17 bits per heavy atom. The third kappa shape index (κ3) is 5.66. The Kier molecular flexibility index (Phi) is 8.49. The van der Waals surface area contributed by atoms with E-state index in [1.165, 1.54) is 31.3 Å². The number of rotatable bonds is 9. The van der Waals surface area contributed by atoms with Crippen LogP contribution in [0.5, 0.6) is 0 Å². The van der Waals surface area contributed by atoms with E-state index in [2.05, 4.69) is 38.7 Å². The molecular weight excluding hydrogens is 448 g/mol.